The molecule has 22 heavy (non-hydrogen) atoms. The molecular formula is C14H13FN2O4S. The first-order chi connectivity index (χ1) is 10.3. The van der Waals surface area contributed by atoms with Crippen molar-refractivity contribution in [2.45, 2.75) is 20.0 Å². The van der Waals surface area contributed by atoms with Crippen LogP contribution in [0, 0.1) is 12.7 Å². The average Bonchev–Trinajstić information content (AvgIpc) is 2.76. The van der Waals surface area contributed by atoms with Gasteiger partial charge in [-0.3, -0.25) is 10.1 Å². The Bertz CT molecular complexity index is 772. The number of carbonyl (C=O) groups excluding carboxylic acids is 3. The van der Waals surface area contributed by atoms with Gasteiger partial charge in [-0.25, -0.2) is 14.0 Å². The van der Waals surface area contributed by atoms with Crippen LogP contribution in [0.4, 0.5) is 9.18 Å². The third kappa shape index (κ3) is 3.06. The van der Waals surface area contributed by atoms with Gasteiger partial charge in [0.1, 0.15) is 10.7 Å². The molecule has 0 saturated heterocycles. The number of nitrogens with two attached hydrogens (primary N) is 1. The number of rotatable bonds is 3. The number of ether oxygens (including phenoxy) is 1. The van der Waals surface area contributed by atoms with Crippen molar-refractivity contribution >= 4 is 39.3 Å². The Labute approximate surface area is 129 Å². The lowest BCUT2D eigenvalue weighted by Gasteiger charge is -2.11. The van der Waals surface area contributed by atoms with Crippen LogP contribution in [0.2, 0.25) is 0 Å². The predicted octanol–water partition coefficient (Wildman–Crippen LogP) is 2.09. The van der Waals surface area contributed by atoms with Crippen LogP contribution in [0.25, 0.3) is 10.1 Å². The van der Waals surface area contributed by atoms with E-state index in [9.17, 15) is 18.8 Å². The summed E-state index contributed by atoms with van der Waals surface area (Å²) in [4.78, 5) is 34.4. The highest BCUT2D eigenvalue weighted by Gasteiger charge is 2.24. The van der Waals surface area contributed by atoms with Gasteiger partial charge in [0.15, 0.2) is 6.10 Å². The Morgan fingerprint density at radius 1 is 1.36 bits per heavy atom. The third-order valence-corrected chi connectivity index (χ3v) is 4.22. The zero-order valence-electron chi connectivity index (χ0n) is 11.8. The van der Waals surface area contributed by atoms with Gasteiger partial charge in [-0.2, -0.15) is 0 Å². The minimum atomic E-state index is -1.20. The summed E-state index contributed by atoms with van der Waals surface area (Å²) >= 11 is 1.08. The third-order valence-electron chi connectivity index (χ3n) is 2.99. The number of esters is 1. The van der Waals surface area contributed by atoms with Crippen molar-refractivity contribution in [3.05, 3.63) is 34.5 Å². The fourth-order valence-corrected chi connectivity index (χ4v) is 3.04. The molecule has 0 unspecified atom stereocenters. The number of amides is 3. The zero-order chi connectivity index (χ0) is 16.4. The number of aryl methyl sites for hydroxylation is 1. The number of benzene rings is 1. The molecule has 0 aliphatic rings. The molecule has 3 N–H and O–H groups in total. The highest BCUT2D eigenvalue weighted by atomic mass is 32.1. The summed E-state index contributed by atoms with van der Waals surface area (Å²) < 4.78 is 19.4. The van der Waals surface area contributed by atoms with E-state index in [4.69, 9.17) is 10.5 Å². The van der Waals surface area contributed by atoms with Crippen LogP contribution in [0.5, 0.6) is 0 Å². The number of halogens is 1. The molecule has 6 nitrogen and oxygen atoms in total. The SMILES string of the molecule is Cc1c(C(=O)O[C@@H](C)C(=O)NC(N)=O)sc2cccc(F)c12. The Morgan fingerprint density at radius 2 is 2.05 bits per heavy atom. The van der Waals surface area contributed by atoms with E-state index in [-0.39, 0.29) is 4.88 Å². The fourth-order valence-electron chi connectivity index (χ4n) is 1.94. The van der Waals surface area contributed by atoms with Gasteiger partial charge in [0, 0.05) is 10.1 Å². The molecule has 1 aromatic carbocycles. The molecular weight excluding hydrogens is 311 g/mol. The van der Waals surface area contributed by atoms with Crippen molar-refractivity contribution in [1.82, 2.24) is 5.32 Å². The zero-order valence-corrected chi connectivity index (χ0v) is 12.6. The molecule has 3 amide bonds. The lowest BCUT2D eigenvalue weighted by molar-refractivity contribution is -0.127. The molecule has 0 bridgehead atoms. The topological polar surface area (TPSA) is 98.5 Å². The van der Waals surface area contributed by atoms with Crippen molar-refractivity contribution in [3.63, 3.8) is 0 Å². The van der Waals surface area contributed by atoms with Gasteiger partial charge in [0.2, 0.25) is 0 Å². The molecule has 0 fully saturated rings. The second kappa shape index (κ2) is 6.10. The van der Waals surface area contributed by atoms with Gasteiger partial charge in [-0.1, -0.05) is 6.07 Å². The van der Waals surface area contributed by atoms with Crippen LogP contribution in [0.1, 0.15) is 22.2 Å². The number of carbonyl (C=O) groups is 3. The molecule has 0 spiro atoms. The van der Waals surface area contributed by atoms with Crippen LogP contribution in [-0.4, -0.2) is 24.0 Å². The Morgan fingerprint density at radius 3 is 2.64 bits per heavy atom. The van der Waals surface area contributed by atoms with E-state index in [2.05, 4.69) is 0 Å². The summed E-state index contributed by atoms with van der Waals surface area (Å²) in [5.41, 5.74) is 5.26. The number of primary amides is 1. The largest absolute Gasteiger partial charge is 0.448 e. The van der Waals surface area contributed by atoms with Gasteiger partial charge in [0.05, 0.1) is 0 Å². The lowest BCUT2D eigenvalue weighted by atomic mass is 10.1. The van der Waals surface area contributed by atoms with Crippen LogP contribution < -0.4 is 11.1 Å². The molecule has 0 aliphatic heterocycles. The Hall–Kier alpha value is -2.48. The maximum Gasteiger partial charge on any atom is 0.349 e. The summed E-state index contributed by atoms with van der Waals surface area (Å²) in [5.74, 6) is -2.01. The van der Waals surface area contributed by atoms with Gasteiger partial charge < -0.3 is 10.5 Å². The van der Waals surface area contributed by atoms with Crippen molar-refractivity contribution in [3.8, 4) is 0 Å². The summed E-state index contributed by atoms with van der Waals surface area (Å²) in [6, 6.07) is 3.51. The lowest BCUT2D eigenvalue weighted by Crippen LogP contribution is -2.42. The molecule has 0 saturated carbocycles. The normalized spacial score (nSPS) is 12.0. The Balaban J connectivity index is 2.23. The number of urea groups is 1. The fraction of sp³-hybridized carbons (Fsp3) is 0.214. The van der Waals surface area contributed by atoms with E-state index in [0.29, 0.717) is 15.6 Å². The van der Waals surface area contributed by atoms with Crippen LogP contribution >= 0.6 is 11.3 Å². The molecule has 2 aromatic rings. The van der Waals surface area contributed by atoms with Gasteiger partial charge >= 0.3 is 12.0 Å². The number of imide groups is 1. The second-order valence-corrected chi connectivity index (χ2v) is 5.62. The van der Waals surface area contributed by atoms with E-state index in [0.717, 1.165) is 11.3 Å². The van der Waals surface area contributed by atoms with Gasteiger partial charge in [-0.05, 0) is 31.5 Å². The number of hydrogen-bond donors (Lipinski definition) is 2. The van der Waals surface area contributed by atoms with E-state index >= 15 is 0 Å². The summed E-state index contributed by atoms with van der Waals surface area (Å²) in [5, 5.41) is 2.17. The molecule has 2 rings (SSSR count). The maximum absolute atomic E-state index is 13.8. The monoisotopic (exact) mass is 324 g/mol. The minimum absolute atomic E-state index is 0.207. The van der Waals surface area contributed by atoms with Crippen LogP contribution in [-0.2, 0) is 9.53 Å². The standard InChI is InChI=1S/C14H13FN2O4S/c1-6-10-8(15)4-3-5-9(10)22-11(6)13(19)21-7(2)12(18)17-14(16)20/h3-5,7H,1-2H3,(H3,16,17,18,20)/t7-/m0/s1. The first-order valence-corrected chi connectivity index (χ1v) is 7.11. The predicted molar refractivity (Wildman–Crippen MR) is 79.1 cm³/mol. The molecule has 1 atom stereocenters. The molecule has 1 aromatic heterocycles. The van der Waals surface area contributed by atoms with Crippen molar-refractivity contribution < 1.29 is 23.5 Å². The molecule has 8 heteroatoms. The van der Waals surface area contributed by atoms with Crippen molar-refractivity contribution in [1.29, 1.82) is 0 Å². The maximum atomic E-state index is 13.8. The van der Waals surface area contributed by atoms with Gasteiger partial charge in [-0.15, -0.1) is 11.3 Å². The van der Waals surface area contributed by atoms with E-state index in [1.165, 1.54) is 13.0 Å². The van der Waals surface area contributed by atoms with Crippen LogP contribution in [0.3, 0.4) is 0 Å². The highest BCUT2D eigenvalue weighted by Crippen LogP contribution is 2.33. The van der Waals surface area contributed by atoms with E-state index in [1.807, 2.05) is 5.32 Å². The number of hydrogen-bond acceptors (Lipinski definition) is 5. The quantitative estimate of drug-likeness (QED) is 0.845. The van der Waals surface area contributed by atoms with Gasteiger partial charge in [0.25, 0.3) is 5.91 Å². The first-order valence-electron chi connectivity index (χ1n) is 6.30. The Kier molecular flexibility index (Phi) is 4.41. The number of thiophene rings is 1. The summed E-state index contributed by atoms with van der Waals surface area (Å²) in [6.45, 7) is 2.91. The number of fused-ring (bicyclic) bond motifs is 1. The van der Waals surface area contributed by atoms with Crippen molar-refractivity contribution in [2.75, 3.05) is 0 Å². The van der Waals surface area contributed by atoms with E-state index in [1.54, 1.807) is 19.1 Å². The molecule has 0 radical (unpaired) electrons. The summed E-state index contributed by atoms with van der Waals surface area (Å²) in [6.07, 6.45) is -1.20. The van der Waals surface area contributed by atoms with Crippen molar-refractivity contribution in [2.24, 2.45) is 5.73 Å². The first kappa shape index (κ1) is 15.9. The minimum Gasteiger partial charge on any atom is -0.448 e. The highest BCUT2D eigenvalue weighted by molar-refractivity contribution is 7.21. The number of nitrogens with one attached hydrogen (secondary N) is 1. The summed E-state index contributed by atoms with van der Waals surface area (Å²) in [7, 11) is 0. The molecule has 0 aliphatic carbocycles. The van der Waals surface area contributed by atoms with Crippen LogP contribution in [0.15, 0.2) is 18.2 Å². The smallest absolute Gasteiger partial charge is 0.349 e. The average molecular weight is 324 g/mol. The second-order valence-electron chi connectivity index (χ2n) is 4.57. The van der Waals surface area contributed by atoms with E-state index < -0.39 is 29.8 Å². The molecule has 1 heterocycles. The molecule has 116 valence electrons.